The fourth-order valence-corrected chi connectivity index (χ4v) is 2.29. The van der Waals surface area contributed by atoms with Crippen LogP contribution in [0.3, 0.4) is 0 Å². The number of imidazole rings is 1. The van der Waals surface area contributed by atoms with E-state index in [1.807, 2.05) is 35.9 Å². The SMILES string of the molecule is COCCCNc1nc(C)cn1-c1ccc(Br)c(Cl)c1. The molecule has 4 nitrogen and oxygen atoms in total. The maximum atomic E-state index is 6.15. The van der Waals surface area contributed by atoms with Crippen LogP contribution < -0.4 is 5.32 Å². The molecule has 0 aliphatic heterocycles. The summed E-state index contributed by atoms with van der Waals surface area (Å²) in [6, 6.07) is 5.84. The second-order valence-electron chi connectivity index (χ2n) is 4.45. The van der Waals surface area contributed by atoms with Gasteiger partial charge in [0.15, 0.2) is 0 Å². The molecule has 0 saturated carbocycles. The van der Waals surface area contributed by atoms with Gasteiger partial charge in [0.25, 0.3) is 0 Å². The lowest BCUT2D eigenvalue weighted by Crippen LogP contribution is -2.09. The zero-order valence-electron chi connectivity index (χ0n) is 11.5. The molecule has 0 atom stereocenters. The lowest BCUT2D eigenvalue weighted by atomic mass is 10.3. The van der Waals surface area contributed by atoms with Crippen LogP contribution in [0.2, 0.25) is 5.02 Å². The number of hydrogen-bond acceptors (Lipinski definition) is 3. The highest BCUT2D eigenvalue weighted by Gasteiger charge is 2.08. The summed E-state index contributed by atoms with van der Waals surface area (Å²) in [4.78, 5) is 4.49. The zero-order valence-corrected chi connectivity index (χ0v) is 13.8. The van der Waals surface area contributed by atoms with E-state index >= 15 is 0 Å². The third-order valence-corrected chi connectivity index (χ3v) is 4.05. The van der Waals surface area contributed by atoms with Gasteiger partial charge in [-0.25, -0.2) is 4.98 Å². The Balaban J connectivity index is 2.20. The first-order valence-electron chi connectivity index (χ1n) is 6.36. The molecule has 0 bridgehead atoms. The minimum absolute atomic E-state index is 0.680. The number of anilines is 1. The number of rotatable bonds is 6. The number of benzene rings is 1. The molecule has 1 N–H and O–H groups in total. The van der Waals surface area contributed by atoms with E-state index in [0.717, 1.165) is 41.4 Å². The van der Waals surface area contributed by atoms with Crippen molar-refractivity contribution < 1.29 is 4.74 Å². The Morgan fingerprint density at radius 1 is 1.45 bits per heavy atom. The molecule has 20 heavy (non-hydrogen) atoms. The first-order valence-corrected chi connectivity index (χ1v) is 7.53. The molecule has 108 valence electrons. The molecule has 1 aromatic carbocycles. The van der Waals surface area contributed by atoms with Gasteiger partial charge in [-0.15, -0.1) is 0 Å². The number of hydrogen-bond donors (Lipinski definition) is 1. The predicted octanol–water partition coefficient (Wildman–Crippen LogP) is 4.05. The molecular weight excluding hydrogens is 342 g/mol. The van der Waals surface area contributed by atoms with Crippen molar-refractivity contribution in [3.05, 3.63) is 39.6 Å². The molecule has 6 heteroatoms. The Morgan fingerprint density at radius 3 is 2.95 bits per heavy atom. The highest BCUT2D eigenvalue weighted by molar-refractivity contribution is 9.10. The summed E-state index contributed by atoms with van der Waals surface area (Å²) >= 11 is 9.55. The topological polar surface area (TPSA) is 39.1 Å². The van der Waals surface area contributed by atoms with Crippen molar-refractivity contribution in [2.45, 2.75) is 13.3 Å². The van der Waals surface area contributed by atoms with Crippen LogP contribution in [-0.4, -0.2) is 29.8 Å². The normalized spacial score (nSPS) is 10.8. The average molecular weight is 359 g/mol. The lowest BCUT2D eigenvalue weighted by Gasteiger charge is -2.10. The van der Waals surface area contributed by atoms with Crippen molar-refractivity contribution >= 4 is 33.5 Å². The number of halogens is 2. The number of nitrogens with one attached hydrogen (secondary N) is 1. The monoisotopic (exact) mass is 357 g/mol. The summed E-state index contributed by atoms with van der Waals surface area (Å²) in [7, 11) is 1.70. The zero-order chi connectivity index (χ0) is 14.5. The van der Waals surface area contributed by atoms with Gasteiger partial charge >= 0.3 is 0 Å². The Bertz CT molecular complexity index is 586. The molecule has 2 aromatic rings. The Kier molecular flexibility index (Phi) is 5.46. The van der Waals surface area contributed by atoms with E-state index in [-0.39, 0.29) is 0 Å². The molecule has 0 fully saturated rings. The van der Waals surface area contributed by atoms with Crippen molar-refractivity contribution in [1.82, 2.24) is 9.55 Å². The van der Waals surface area contributed by atoms with E-state index in [2.05, 4.69) is 26.2 Å². The van der Waals surface area contributed by atoms with Crippen molar-refractivity contribution in [2.75, 3.05) is 25.6 Å². The van der Waals surface area contributed by atoms with Gasteiger partial charge in [-0.2, -0.15) is 0 Å². The van der Waals surface area contributed by atoms with Gasteiger partial charge in [-0.1, -0.05) is 11.6 Å². The molecule has 0 spiro atoms. The summed E-state index contributed by atoms with van der Waals surface area (Å²) in [5, 5.41) is 4.00. The quantitative estimate of drug-likeness (QED) is 0.792. The fraction of sp³-hybridized carbons (Fsp3) is 0.357. The summed E-state index contributed by atoms with van der Waals surface area (Å²) in [6.45, 7) is 3.52. The third kappa shape index (κ3) is 3.75. The lowest BCUT2D eigenvalue weighted by molar-refractivity contribution is 0.197. The van der Waals surface area contributed by atoms with Crippen molar-refractivity contribution in [1.29, 1.82) is 0 Å². The van der Waals surface area contributed by atoms with E-state index in [4.69, 9.17) is 16.3 Å². The van der Waals surface area contributed by atoms with Crippen LogP contribution in [0.15, 0.2) is 28.9 Å². The molecule has 0 aliphatic rings. The molecule has 1 aromatic heterocycles. The van der Waals surface area contributed by atoms with Crippen LogP contribution in [0.5, 0.6) is 0 Å². The van der Waals surface area contributed by atoms with Crippen LogP contribution in [0.25, 0.3) is 5.69 Å². The number of aromatic nitrogens is 2. The Hall–Kier alpha value is -1.04. The Morgan fingerprint density at radius 2 is 2.25 bits per heavy atom. The molecule has 0 unspecified atom stereocenters. The van der Waals surface area contributed by atoms with Gasteiger partial charge in [0.05, 0.1) is 16.4 Å². The number of methoxy groups -OCH3 is 1. The standard InChI is InChI=1S/C14H17BrClN3O/c1-10-9-19(11-4-5-12(15)13(16)8-11)14(18-10)17-6-3-7-20-2/h4-5,8-9H,3,6-7H2,1-2H3,(H,17,18). The number of aryl methyl sites for hydroxylation is 1. The molecule has 1 heterocycles. The van der Waals surface area contributed by atoms with Crippen LogP contribution in [0.1, 0.15) is 12.1 Å². The van der Waals surface area contributed by atoms with Crippen LogP contribution in [0, 0.1) is 6.92 Å². The van der Waals surface area contributed by atoms with Crippen LogP contribution >= 0.6 is 27.5 Å². The molecule has 0 amide bonds. The first-order chi connectivity index (χ1) is 9.61. The van der Waals surface area contributed by atoms with E-state index in [1.54, 1.807) is 7.11 Å². The summed E-state index contributed by atoms with van der Waals surface area (Å²) < 4.78 is 7.92. The highest BCUT2D eigenvalue weighted by Crippen LogP contribution is 2.26. The summed E-state index contributed by atoms with van der Waals surface area (Å²) in [5.41, 5.74) is 1.94. The van der Waals surface area contributed by atoms with Crippen molar-refractivity contribution in [2.24, 2.45) is 0 Å². The molecular formula is C14H17BrClN3O. The van der Waals surface area contributed by atoms with Gasteiger partial charge in [-0.3, -0.25) is 4.57 Å². The van der Waals surface area contributed by atoms with Crippen LogP contribution in [-0.2, 0) is 4.74 Å². The first kappa shape index (κ1) is 15.4. The van der Waals surface area contributed by atoms with Crippen LogP contribution in [0.4, 0.5) is 5.95 Å². The Labute approximate surface area is 132 Å². The summed E-state index contributed by atoms with van der Waals surface area (Å²) in [5.74, 6) is 0.817. The maximum Gasteiger partial charge on any atom is 0.207 e. The molecule has 2 rings (SSSR count). The van der Waals surface area contributed by atoms with Crippen molar-refractivity contribution in [3.8, 4) is 5.69 Å². The van der Waals surface area contributed by atoms with Gasteiger partial charge < -0.3 is 10.1 Å². The second kappa shape index (κ2) is 7.11. The van der Waals surface area contributed by atoms with E-state index < -0.39 is 0 Å². The smallest absolute Gasteiger partial charge is 0.207 e. The maximum absolute atomic E-state index is 6.15. The molecule has 0 radical (unpaired) electrons. The van der Waals surface area contributed by atoms with Gasteiger partial charge in [-0.05, 0) is 47.5 Å². The third-order valence-electron chi connectivity index (χ3n) is 2.82. The van der Waals surface area contributed by atoms with E-state index in [9.17, 15) is 0 Å². The van der Waals surface area contributed by atoms with E-state index in [1.165, 1.54) is 0 Å². The van der Waals surface area contributed by atoms with Gasteiger partial charge in [0.2, 0.25) is 5.95 Å². The number of ether oxygens (including phenoxy) is 1. The highest BCUT2D eigenvalue weighted by atomic mass is 79.9. The molecule has 0 aliphatic carbocycles. The minimum Gasteiger partial charge on any atom is -0.385 e. The minimum atomic E-state index is 0.680. The largest absolute Gasteiger partial charge is 0.385 e. The fourth-order valence-electron chi connectivity index (χ4n) is 1.87. The summed E-state index contributed by atoms with van der Waals surface area (Å²) in [6.07, 6.45) is 2.92. The van der Waals surface area contributed by atoms with Gasteiger partial charge in [0.1, 0.15) is 0 Å². The average Bonchev–Trinajstić information content (AvgIpc) is 2.79. The molecule has 0 saturated heterocycles. The number of nitrogens with zero attached hydrogens (tertiary/aromatic N) is 2. The second-order valence-corrected chi connectivity index (χ2v) is 5.71. The van der Waals surface area contributed by atoms with Crippen molar-refractivity contribution in [3.63, 3.8) is 0 Å². The predicted molar refractivity (Wildman–Crippen MR) is 86.0 cm³/mol. The van der Waals surface area contributed by atoms with Gasteiger partial charge in [0, 0.05) is 30.9 Å². The van der Waals surface area contributed by atoms with E-state index in [0.29, 0.717) is 5.02 Å².